The summed E-state index contributed by atoms with van der Waals surface area (Å²) in [5.74, 6) is -1.66. The molecule has 1 aromatic heterocycles. The molecule has 14 heteroatoms. The Kier molecular flexibility index (Phi) is 9.83. The zero-order valence-electron chi connectivity index (χ0n) is 25.6. The average molecular weight is 658 g/mol. The van der Waals surface area contributed by atoms with Crippen molar-refractivity contribution >= 4 is 52.3 Å². The largest absolute Gasteiger partial charge is 0.416 e. The molecule has 0 aliphatic carbocycles. The highest BCUT2D eigenvalue weighted by molar-refractivity contribution is 6.08. The highest BCUT2D eigenvalue weighted by atomic mass is 19.4. The van der Waals surface area contributed by atoms with E-state index >= 15 is 0 Å². The van der Waals surface area contributed by atoms with Gasteiger partial charge in [-0.25, -0.2) is 9.97 Å². The summed E-state index contributed by atoms with van der Waals surface area (Å²) in [4.78, 5) is 60.6. The van der Waals surface area contributed by atoms with Crippen LogP contribution in [0, 0.1) is 6.92 Å². The molecule has 4 amide bonds. The van der Waals surface area contributed by atoms with E-state index in [1.165, 1.54) is 41.6 Å². The predicted molar refractivity (Wildman–Crippen MR) is 174 cm³/mol. The fourth-order valence-electron chi connectivity index (χ4n) is 5.09. The SMILES string of the molecule is C=CC(=O)N1CCC[C@H]1C(=O)Nc1cccc(Nc2ncc(NC(=O)c3cc(NC(=O)c4cccc(C(F)(F)F)c4)ccc3C)cn2)c1. The van der Waals surface area contributed by atoms with Crippen molar-refractivity contribution in [2.24, 2.45) is 0 Å². The molecule has 48 heavy (non-hydrogen) atoms. The van der Waals surface area contributed by atoms with E-state index in [-0.39, 0.29) is 40.3 Å². The van der Waals surface area contributed by atoms with Gasteiger partial charge in [0.25, 0.3) is 11.8 Å². The molecule has 0 spiro atoms. The first-order valence-corrected chi connectivity index (χ1v) is 14.7. The van der Waals surface area contributed by atoms with E-state index in [1.54, 1.807) is 37.3 Å². The van der Waals surface area contributed by atoms with Crippen LogP contribution in [0.5, 0.6) is 0 Å². The standard InChI is InChI=1S/C34H30F3N7O4/c1-3-29(45)44-14-6-11-28(44)32(48)41-23-9-5-10-24(16-23)43-33-38-18-26(19-39-33)42-31(47)27-17-25(13-12-20(27)2)40-30(46)21-7-4-8-22(15-21)34(35,36)37/h3-5,7-10,12-13,15-19,28H,1,6,11,14H2,2H3,(H,40,46)(H,41,48)(H,42,47)(H,38,39,43)/t28-/m0/s1. The van der Waals surface area contributed by atoms with Crippen molar-refractivity contribution in [3.8, 4) is 0 Å². The van der Waals surface area contributed by atoms with Crippen LogP contribution in [0.1, 0.15) is 44.7 Å². The van der Waals surface area contributed by atoms with Gasteiger partial charge in [0, 0.05) is 34.7 Å². The summed E-state index contributed by atoms with van der Waals surface area (Å²) < 4.78 is 39.2. The van der Waals surface area contributed by atoms with Crippen molar-refractivity contribution in [2.45, 2.75) is 32.0 Å². The van der Waals surface area contributed by atoms with Crippen molar-refractivity contribution < 1.29 is 32.3 Å². The highest BCUT2D eigenvalue weighted by Crippen LogP contribution is 2.30. The number of nitrogens with one attached hydrogen (secondary N) is 4. The second-order valence-corrected chi connectivity index (χ2v) is 10.9. The third-order valence-electron chi connectivity index (χ3n) is 7.50. The number of aryl methyl sites for hydroxylation is 1. The zero-order chi connectivity index (χ0) is 34.4. The van der Waals surface area contributed by atoms with E-state index in [0.717, 1.165) is 24.6 Å². The molecule has 1 saturated heterocycles. The predicted octanol–water partition coefficient (Wildman–Crippen LogP) is 6.17. The van der Waals surface area contributed by atoms with Gasteiger partial charge in [0.05, 0.1) is 23.6 Å². The Balaban J connectivity index is 1.19. The summed E-state index contributed by atoms with van der Waals surface area (Å²) in [6.45, 7) is 5.69. The quantitative estimate of drug-likeness (QED) is 0.158. The van der Waals surface area contributed by atoms with Crippen LogP contribution in [-0.4, -0.2) is 51.1 Å². The van der Waals surface area contributed by atoms with Gasteiger partial charge in [0.1, 0.15) is 6.04 Å². The molecule has 0 unspecified atom stereocenters. The summed E-state index contributed by atoms with van der Waals surface area (Å²) >= 11 is 0. The number of likely N-dealkylation sites (tertiary alicyclic amines) is 1. The van der Waals surface area contributed by atoms with Crippen LogP contribution in [-0.2, 0) is 15.8 Å². The molecule has 4 N–H and O–H groups in total. The Morgan fingerprint density at radius 1 is 0.854 bits per heavy atom. The molecule has 0 radical (unpaired) electrons. The number of hydrogen-bond acceptors (Lipinski definition) is 7. The number of carbonyl (C=O) groups excluding carboxylic acids is 4. The number of halogens is 3. The monoisotopic (exact) mass is 657 g/mol. The lowest BCUT2D eigenvalue weighted by Crippen LogP contribution is -2.42. The minimum atomic E-state index is -4.60. The van der Waals surface area contributed by atoms with Crippen molar-refractivity contribution in [1.82, 2.24) is 14.9 Å². The second-order valence-electron chi connectivity index (χ2n) is 10.9. The minimum absolute atomic E-state index is 0.184. The first kappa shape index (κ1) is 33.3. The topological polar surface area (TPSA) is 145 Å². The molecular formula is C34H30F3N7O4. The number of nitrogens with zero attached hydrogens (tertiary/aromatic N) is 3. The Morgan fingerprint density at radius 3 is 2.27 bits per heavy atom. The molecule has 11 nitrogen and oxygen atoms in total. The van der Waals surface area contributed by atoms with E-state index in [1.807, 2.05) is 0 Å². The number of carbonyl (C=O) groups is 4. The fourth-order valence-corrected chi connectivity index (χ4v) is 5.09. The molecule has 1 fully saturated rings. The van der Waals surface area contributed by atoms with Crippen LogP contribution in [0.15, 0.2) is 91.8 Å². The summed E-state index contributed by atoms with van der Waals surface area (Å²) in [7, 11) is 0. The number of rotatable bonds is 9. The van der Waals surface area contributed by atoms with Gasteiger partial charge in [-0.05, 0) is 79.9 Å². The van der Waals surface area contributed by atoms with Crippen LogP contribution in [0.25, 0.3) is 0 Å². The molecule has 0 saturated carbocycles. The van der Waals surface area contributed by atoms with Crippen LogP contribution < -0.4 is 21.3 Å². The first-order valence-electron chi connectivity index (χ1n) is 14.7. The van der Waals surface area contributed by atoms with Gasteiger partial charge < -0.3 is 26.2 Å². The number of alkyl halides is 3. The number of amides is 4. The molecule has 3 aromatic carbocycles. The van der Waals surface area contributed by atoms with Crippen molar-refractivity contribution in [1.29, 1.82) is 0 Å². The molecule has 246 valence electrons. The average Bonchev–Trinajstić information content (AvgIpc) is 3.56. The molecule has 1 aliphatic rings. The van der Waals surface area contributed by atoms with Gasteiger partial charge >= 0.3 is 6.18 Å². The highest BCUT2D eigenvalue weighted by Gasteiger charge is 2.33. The summed E-state index contributed by atoms with van der Waals surface area (Å²) in [5, 5.41) is 11.1. The van der Waals surface area contributed by atoms with Crippen LogP contribution in [0.3, 0.4) is 0 Å². The maximum atomic E-state index is 13.1. The fraction of sp³-hybridized carbons (Fsp3) is 0.176. The van der Waals surface area contributed by atoms with Gasteiger partial charge in [-0.2, -0.15) is 13.2 Å². The van der Waals surface area contributed by atoms with Crippen molar-refractivity contribution in [2.75, 3.05) is 27.8 Å². The summed E-state index contributed by atoms with van der Waals surface area (Å²) in [6, 6.07) is 14.9. The molecule has 4 aromatic rings. The van der Waals surface area contributed by atoms with Crippen LogP contribution in [0.2, 0.25) is 0 Å². The van der Waals surface area contributed by atoms with Crippen LogP contribution in [0.4, 0.5) is 41.9 Å². The molecular weight excluding hydrogens is 627 g/mol. The van der Waals surface area contributed by atoms with Gasteiger partial charge in [-0.15, -0.1) is 0 Å². The molecule has 2 heterocycles. The molecule has 5 rings (SSSR count). The Morgan fingerprint density at radius 2 is 1.54 bits per heavy atom. The van der Waals surface area contributed by atoms with Crippen molar-refractivity contribution in [3.05, 3.63) is 114 Å². The number of hydrogen-bond donors (Lipinski definition) is 4. The Hall–Kier alpha value is -6.05. The number of benzene rings is 3. The zero-order valence-corrected chi connectivity index (χ0v) is 25.6. The smallest absolute Gasteiger partial charge is 0.327 e. The van der Waals surface area contributed by atoms with Crippen LogP contribution >= 0.6 is 0 Å². The number of aromatic nitrogens is 2. The van der Waals surface area contributed by atoms with E-state index < -0.39 is 29.6 Å². The van der Waals surface area contributed by atoms with E-state index in [0.29, 0.717) is 29.9 Å². The van der Waals surface area contributed by atoms with Gasteiger partial charge in [-0.1, -0.05) is 24.8 Å². The Bertz CT molecular complexity index is 1880. The van der Waals surface area contributed by atoms with Gasteiger partial charge in [0.2, 0.25) is 17.8 Å². The normalized spacial score (nSPS) is 14.2. The van der Waals surface area contributed by atoms with E-state index in [2.05, 4.69) is 37.8 Å². The lowest BCUT2D eigenvalue weighted by molar-refractivity contribution is -0.137. The Labute approximate surface area is 273 Å². The third kappa shape index (κ3) is 8.02. The lowest BCUT2D eigenvalue weighted by atomic mass is 10.1. The molecule has 1 atom stereocenters. The van der Waals surface area contributed by atoms with Gasteiger partial charge in [0.15, 0.2) is 0 Å². The first-order chi connectivity index (χ1) is 22.9. The lowest BCUT2D eigenvalue weighted by Gasteiger charge is -2.22. The van der Waals surface area contributed by atoms with Gasteiger partial charge in [-0.3, -0.25) is 19.2 Å². The number of anilines is 5. The third-order valence-corrected chi connectivity index (χ3v) is 7.50. The summed E-state index contributed by atoms with van der Waals surface area (Å²) in [5.41, 5.74) is 1.25. The molecule has 0 bridgehead atoms. The summed E-state index contributed by atoms with van der Waals surface area (Å²) in [6.07, 6.45) is 0.663. The van der Waals surface area contributed by atoms with Crippen molar-refractivity contribution in [3.63, 3.8) is 0 Å². The van der Waals surface area contributed by atoms with E-state index in [4.69, 9.17) is 0 Å². The minimum Gasteiger partial charge on any atom is -0.327 e. The second kappa shape index (κ2) is 14.2. The maximum Gasteiger partial charge on any atom is 0.416 e. The molecule has 1 aliphatic heterocycles. The van der Waals surface area contributed by atoms with E-state index in [9.17, 15) is 32.3 Å². The maximum absolute atomic E-state index is 13.1.